The number of aromatic nitrogens is 1. The van der Waals surface area contributed by atoms with E-state index in [2.05, 4.69) is 26.2 Å². The maximum atomic E-state index is 5.89. The van der Waals surface area contributed by atoms with Crippen LogP contribution in [0.3, 0.4) is 0 Å². The number of pyridine rings is 1. The summed E-state index contributed by atoms with van der Waals surface area (Å²) in [6.07, 6.45) is 7.08. The molecule has 1 aliphatic carbocycles. The average molecular weight is 300 g/mol. The van der Waals surface area contributed by atoms with Crippen molar-refractivity contribution in [2.75, 3.05) is 31.3 Å². The highest BCUT2D eigenvalue weighted by atomic mass is 79.9. The van der Waals surface area contributed by atoms with Crippen LogP contribution in [0.15, 0.2) is 16.9 Å². The van der Waals surface area contributed by atoms with Gasteiger partial charge in [-0.15, -0.1) is 0 Å². The van der Waals surface area contributed by atoms with Gasteiger partial charge in [0.15, 0.2) is 0 Å². The molecule has 0 aromatic carbocycles. The Hall–Kier alpha value is -0.810. The molecule has 1 aromatic heterocycles. The summed E-state index contributed by atoms with van der Waals surface area (Å²) in [7, 11) is 1.75. The summed E-state index contributed by atoms with van der Waals surface area (Å²) in [4.78, 5) is 4.02. The zero-order valence-electron chi connectivity index (χ0n) is 10.0. The first-order chi connectivity index (χ1) is 8.17. The molecule has 0 atom stereocenters. The third kappa shape index (κ3) is 3.10. The van der Waals surface area contributed by atoms with Gasteiger partial charge in [0, 0.05) is 26.5 Å². The molecule has 1 saturated carbocycles. The standard InChI is InChI=1S/C12H18BrN3O/c1-17-5-4-12(2-3-12)8-16-11-9(13)6-15-7-10(11)14/h6-7H,2-5,8,14H2,1H3,(H,15,16). The maximum Gasteiger partial charge on any atom is 0.0750 e. The minimum atomic E-state index is 0.408. The maximum absolute atomic E-state index is 5.89. The molecule has 1 fully saturated rings. The molecular weight excluding hydrogens is 282 g/mol. The summed E-state index contributed by atoms with van der Waals surface area (Å²) in [6.45, 7) is 1.78. The third-order valence-electron chi connectivity index (χ3n) is 3.36. The van der Waals surface area contributed by atoms with Crippen molar-refractivity contribution in [1.82, 2.24) is 4.98 Å². The van der Waals surface area contributed by atoms with Gasteiger partial charge in [-0.25, -0.2) is 0 Å². The Bertz CT molecular complexity index is 373. The Morgan fingerprint density at radius 3 is 2.88 bits per heavy atom. The zero-order chi connectivity index (χ0) is 12.3. The second-order valence-electron chi connectivity index (χ2n) is 4.68. The molecule has 17 heavy (non-hydrogen) atoms. The summed E-state index contributed by atoms with van der Waals surface area (Å²) in [5, 5.41) is 3.43. The van der Waals surface area contributed by atoms with Gasteiger partial charge in [-0.05, 0) is 40.6 Å². The first kappa shape index (κ1) is 12.6. The molecule has 1 aromatic rings. The minimum absolute atomic E-state index is 0.408. The van der Waals surface area contributed by atoms with Crippen molar-refractivity contribution >= 4 is 27.3 Å². The van der Waals surface area contributed by atoms with Crippen LogP contribution in [-0.4, -0.2) is 25.2 Å². The fourth-order valence-electron chi connectivity index (χ4n) is 1.92. The normalized spacial score (nSPS) is 16.8. The van der Waals surface area contributed by atoms with Crippen LogP contribution >= 0.6 is 15.9 Å². The lowest BCUT2D eigenvalue weighted by Crippen LogP contribution is -2.18. The molecule has 94 valence electrons. The molecule has 0 bridgehead atoms. The van der Waals surface area contributed by atoms with E-state index in [9.17, 15) is 0 Å². The number of nitrogens with zero attached hydrogens (tertiary/aromatic N) is 1. The highest BCUT2D eigenvalue weighted by Crippen LogP contribution is 2.49. The second kappa shape index (κ2) is 5.23. The number of ether oxygens (including phenoxy) is 1. The Morgan fingerprint density at radius 2 is 2.29 bits per heavy atom. The molecule has 5 heteroatoms. The fourth-order valence-corrected chi connectivity index (χ4v) is 2.41. The first-order valence-electron chi connectivity index (χ1n) is 5.79. The van der Waals surface area contributed by atoms with E-state index in [1.807, 2.05) is 0 Å². The van der Waals surface area contributed by atoms with Gasteiger partial charge in [0.05, 0.1) is 22.0 Å². The first-order valence-corrected chi connectivity index (χ1v) is 6.58. The molecule has 0 unspecified atom stereocenters. The van der Waals surface area contributed by atoms with Gasteiger partial charge < -0.3 is 15.8 Å². The van der Waals surface area contributed by atoms with Gasteiger partial charge >= 0.3 is 0 Å². The van der Waals surface area contributed by atoms with Crippen molar-refractivity contribution in [3.05, 3.63) is 16.9 Å². The van der Waals surface area contributed by atoms with Crippen LogP contribution in [-0.2, 0) is 4.74 Å². The second-order valence-corrected chi connectivity index (χ2v) is 5.54. The number of nitrogen functional groups attached to an aromatic ring is 1. The largest absolute Gasteiger partial charge is 0.396 e. The van der Waals surface area contributed by atoms with Gasteiger partial charge in [0.1, 0.15) is 0 Å². The van der Waals surface area contributed by atoms with Crippen LogP contribution in [0, 0.1) is 5.41 Å². The van der Waals surface area contributed by atoms with Crippen LogP contribution < -0.4 is 11.1 Å². The van der Waals surface area contributed by atoms with Gasteiger partial charge in [0.2, 0.25) is 0 Å². The number of anilines is 2. The fraction of sp³-hybridized carbons (Fsp3) is 0.583. The average Bonchev–Trinajstić information content (AvgIpc) is 3.07. The Balaban J connectivity index is 1.94. The van der Waals surface area contributed by atoms with E-state index < -0.39 is 0 Å². The summed E-state index contributed by atoms with van der Waals surface area (Å²) >= 11 is 3.46. The van der Waals surface area contributed by atoms with E-state index in [1.54, 1.807) is 19.5 Å². The molecule has 1 heterocycles. The molecule has 1 aliphatic rings. The van der Waals surface area contributed by atoms with Gasteiger partial charge in [-0.3, -0.25) is 4.98 Å². The molecule has 3 N–H and O–H groups in total. The molecule has 0 aliphatic heterocycles. The molecule has 4 nitrogen and oxygen atoms in total. The van der Waals surface area contributed by atoms with E-state index in [4.69, 9.17) is 10.5 Å². The minimum Gasteiger partial charge on any atom is -0.396 e. The topological polar surface area (TPSA) is 60.2 Å². The predicted octanol–water partition coefficient (Wildman–Crippen LogP) is 2.65. The Kier molecular flexibility index (Phi) is 3.89. The molecule has 0 saturated heterocycles. The molecule has 0 spiro atoms. The summed E-state index contributed by atoms with van der Waals surface area (Å²) in [5.41, 5.74) is 7.93. The Labute approximate surface area is 110 Å². The zero-order valence-corrected chi connectivity index (χ0v) is 11.6. The monoisotopic (exact) mass is 299 g/mol. The molecule has 0 radical (unpaired) electrons. The third-order valence-corrected chi connectivity index (χ3v) is 3.96. The van der Waals surface area contributed by atoms with Crippen LogP contribution in [0.2, 0.25) is 0 Å². The van der Waals surface area contributed by atoms with Crippen LogP contribution in [0.5, 0.6) is 0 Å². The van der Waals surface area contributed by atoms with Crippen LogP contribution in [0.25, 0.3) is 0 Å². The van der Waals surface area contributed by atoms with Crippen molar-refractivity contribution in [1.29, 1.82) is 0 Å². The molecule has 2 rings (SSSR count). The number of methoxy groups -OCH3 is 1. The lowest BCUT2D eigenvalue weighted by atomic mass is 10.0. The van der Waals surface area contributed by atoms with Gasteiger partial charge in [-0.1, -0.05) is 0 Å². The van der Waals surface area contributed by atoms with E-state index in [0.717, 1.165) is 29.7 Å². The Morgan fingerprint density at radius 1 is 1.53 bits per heavy atom. The van der Waals surface area contributed by atoms with Crippen molar-refractivity contribution in [3.8, 4) is 0 Å². The summed E-state index contributed by atoms with van der Waals surface area (Å²) in [5.74, 6) is 0. The SMILES string of the molecule is COCCC1(CNc2c(N)cncc2Br)CC1. The number of nitrogens with two attached hydrogens (primary N) is 1. The van der Waals surface area contributed by atoms with Crippen molar-refractivity contribution in [3.63, 3.8) is 0 Å². The van der Waals surface area contributed by atoms with E-state index >= 15 is 0 Å². The molecule has 0 amide bonds. The number of nitrogens with one attached hydrogen (secondary N) is 1. The molecular formula is C12H18BrN3O. The van der Waals surface area contributed by atoms with Crippen LogP contribution in [0.4, 0.5) is 11.4 Å². The lowest BCUT2D eigenvalue weighted by molar-refractivity contribution is 0.175. The number of halogens is 1. The summed E-state index contributed by atoms with van der Waals surface area (Å²) in [6, 6.07) is 0. The highest BCUT2D eigenvalue weighted by Gasteiger charge is 2.41. The number of hydrogen-bond donors (Lipinski definition) is 2. The van der Waals surface area contributed by atoms with Crippen molar-refractivity contribution in [2.45, 2.75) is 19.3 Å². The lowest BCUT2D eigenvalue weighted by Gasteiger charge is -2.18. The number of hydrogen-bond acceptors (Lipinski definition) is 4. The summed E-state index contributed by atoms with van der Waals surface area (Å²) < 4.78 is 6.06. The van der Waals surface area contributed by atoms with Gasteiger partial charge in [-0.2, -0.15) is 0 Å². The van der Waals surface area contributed by atoms with E-state index in [1.165, 1.54) is 12.8 Å². The van der Waals surface area contributed by atoms with Crippen LogP contribution in [0.1, 0.15) is 19.3 Å². The quantitative estimate of drug-likeness (QED) is 0.848. The van der Waals surface area contributed by atoms with E-state index in [0.29, 0.717) is 11.1 Å². The predicted molar refractivity (Wildman–Crippen MR) is 73.0 cm³/mol. The van der Waals surface area contributed by atoms with Crippen molar-refractivity contribution in [2.24, 2.45) is 5.41 Å². The van der Waals surface area contributed by atoms with E-state index in [-0.39, 0.29) is 0 Å². The number of rotatable bonds is 6. The van der Waals surface area contributed by atoms with Crippen molar-refractivity contribution < 1.29 is 4.74 Å². The smallest absolute Gasteiger partial charge is 0.0750 e. The highest BCUT2D eigenvalue weighted by molar-refractivity contribution is 9.10. The van der Waals surface area contributed by atoms with Gasteiger partial charge in [0.25, 0.3) is 0 Å².